The van der Waals surface area contributed by atoms with E-state index in [9.17, 15) is 8.42 Å². The second-order valence-corrected chi connectivity index (χ2v) is 6.39. The van der Waals surface area contributed by atoms with Gasteiger partial charge in [0.25, 0.3) is 0 Å². The van der Waals surface area contributed by atoms with Gasteiger partial charge in [0.15, 0.2) is 9.84 Å². The molecule has 1 saturated heterocycles. The molecule has 1 aromatic heterocycles. The SMILES string of the molecule is Cc1nn(C2CCS(=O)(=O)C2)c(N)c1Cl. The molecule has 0 aromatic carbocycles. The number of anilines is 1. The maximum Gasteiger partial charge on any atom is 0.152 e. The molecule has 1 aromatic rings. The van der Waals surface area contributed by atoms with Crippen LogP contribution in [-0.4, -0.2) is 29.7 Å². The lowest BCUT2D eigenvalue weighted by molar-refractivity contribution is 0.504. The van der Waals surface area contributed by atoms with E-state index in [-0.39, 0.29) is 17.5 Å². The largest absolute Gasteiger partial charge is 0.383 e. The van der Waals surface area contributed by atoms with Crippen LogP contribution >= 0.6 is 11.6 Å². The van der Waals surface area contributed by atoms with E-state index in [4.69, 9.17) is 17.3 Å². The van der Waals surface area contributed by atoms with Gasteiger partial charge in [0, 0.05) is 0 Å². The van der Waals surface area contributed by atoms with E-state index in [0.717, 1.165) is 0 Å². The van der Waals surface area contributed by atoms with Gasteiger partial charge < -0.3 is 5.73 Å². The van der Waals surface area contributed by atoms with Crippen LogP contribution in [0.25, 0.3) is 0 Å². The van der Waals surface area contributed by atoms with Crippen LogP contribution in [0.2, 0.25) is 5.02 Å². The zero-order chi connectivity index (χ0) is 11.2. The minimum absolute atomic E-state index is 0.106. The van der Waals surface area contributed by atoms with Gasteiger partial charge in [-0.15, -0.1) is 0 Å². The Morgan fingerprint density at radius 1 is 1.60 bits per heavy atom. The molecule has 15 heavy (non-hydrogen) atoms. The van der Waals surface area contributed by atoms with Crippen molar-refractivity contribution in [2.24, 2.45) is 0 Å². The van der Waals surface area contributed by atoms with Gasteiger partial charge in [-0.25, -0.2) is 13.1 Å². The summed E-state index contributed by atoms with van der Waals surface area (Å²) in [5.74, 6) is 0.665. The number of rotatable bonds is 1. The molecule has 0 radical (unpaired) electrons. The van der Waals surface area contributed by atoms with Gasteiger partial charge in [0.1, 0.15) is 10.8 Å². The summed E-state index contributed by atoms with van der Waals surface area (Å²) in [4.78, 5) is 0. The molecule has 2 heterocycles. The molecule has 0 spiro atoms. The Labute approximate surface area is 93.1 Å². The van der Waals surface area contributed by atoms with Crippen LogP contribution < -0.4 is 5.73 Å². The highest BCUT2D eigenvalue weighted by molar-refractivity contribution is 7.91. The van der Waals surface area contributed by atoms with Crippen molar-refractivity contribution in [3.63, 3.8) is 0 Å². The lowest BCUT2D eigenvalue weighted by Crippen LogP contribution is -2.14. The predicted octanol–water partition coefficient (Wildman–Crippen LogP) is 0.787. The number of hydrogen-bond acceptors (Lipinski definition) is 4. The zero-order valence-corrected chi connectivity index (χ0v) is 9.85. The lowest BCUT2D eigenvalue weighted by atomic mass is 10.3. The molecule has 0 saturated carbocycles. The first-order valence-corrected chi connectivity index (χ1v) is 6.81. The second-order valence-electron chi connectivity index (χ2n) is 3.79. The molecule has 1 aliphatic rings. The van der Waals surface area contributed by atoms with Crippen LogP contribution in [0, 0.1) is 6.92 Å². The first-order valence-electron chi connectivity index (χ1n) is 4.61. The third-order valence-electron chi connectivity index (χ3n) is 2.60. The van der Waals surface area contributed by atoms with E-state index in [1.54, 1.807) is 6.92 Å². The number of nitrogen functional groups attached to an aromatic ring is 1. The number of halogens is 1. The van der Waals surface area contributed by atoms with E-state index < -0.39 is 9.84 Å². The van der Waals surface area contributed by atoms with Gasteiger partial charge >= 0.3 is 0 Å². The van der Waals surface area contributed by atoms with Crippen molar-refractivity contribution in [3.05, 3.63) is 10.7 Å². The van der Waals surface area contributed by atoms with Crippen molar-refractivity contribution >= 4 is 27.3 Å². The van der Waals surface area contributed by atoms with Crippen molar-refractivity contribution in [1.82, 2.24) is 9.78 Å². The lowest BCUT2D eigenvalue weighted by Gasteiger charge is -2.09. The fourth-order valence-corrected chi connectivity index (χ4v) is 3.61. The van der Waals surface area contributed by atoms with Gasteiger partial charge in [0.2, 0.25) is 0 Å². The van der Waals surface area contributed by atoms with Crippen LogP contribution in [0.4, 0.5) is 5.82 Å². The maximum absolute atomic E-state index is 11.3. The molecule has 0 bridgehead atoms. The Bertz CT molecular complexity index is 494. The van der Waals surface area contributed by atoms with Crippen LogP contribution in [-0.2, 0) is 9.84 Å². The third-order valence-corrected chi connectivity index (χ3v) is 4.82. The summed E-state index contributed by atoms with van der Waals surface area (Å²) in [6.45, 7) is 1.75. The second kappa shape index (κ2) is 3.38. The molecule has 1 unspecified atom stereocenters. The van der Waals surface area contributed by atoms with E-state index in [1.807, 2.05) is 0 Å². The summed E-state index contributed by atoms with van der Waals surface area (Å²) in [6.07, 6.45) is 0.560. The Morgan fingerprint density at radius 3 is 2.67 bits per heavy atom. The summed E-state index contributed by atoms with van der Waals surface area (Å²) < 4.78 is 24.1. The summed E-state index contributed by atoms with van der Waals surface area (Å²) in [5, 5.41) is 4.57. The van der Waals surface area contributed by atoms with Crippen molar-refractivity contribution < 1.29 is 8.42 Å². The monoisotopic (exact) mass is 249 g/mol. The molecule has 0 aliphatic carbocycles. The Morgan fingerprint density at radius 2 is 2.27 bits per heavy atom. The smallest absolute Gasteiger partial charge is 0.152 e. The summed E-state index contributed by atoms with van der Waals surface area (Å²) >= 11 is 5.89. The Hall–Kier alpha value is -0.750. The molecule has 0 amide bonds. The zero-order valence-electron chi connectivity index (χ0n) is 8.27. The standard InChI is InChI=1S/C8H12ClN3O2S/c1-5-7(9)8(10)12(11-5)6-2-3-15(13,14)4-6/h6H,2-4,10H2,1H3. The molecule has 1 atom stereocenters. The molecule has 5 nitrogen and oxygen atoms in total. The minimum Gasteiger partial charge on any atom is -0.383 e. The topological polar surface area (TPSA) is 78.0 Å². The van der Waals surface area contributed by atoms with E-state index in [1.165, 1.54) is 4.68 Å². The molecule has 1 fully saturated rings. The van der Waals surface area contributed by atoms with E-state index in [2.05, 4.69) is 5.10 Å². The normalized spacial score (nSPS) is 24.5. The van der Waals surface area contributed by atoms with Crippen LogP contribution in [0.15, 0.2) is 0 Å². The summed E-state index contributed by atoms with van der Waals surface area (Å²) in [5.41, 5.74) is 6.38. The molecule has 1 aliphatic heterocycles. The Balaban J connectivity index is 2.36. The van der Waals surface area contributed by atoms with Gasteiger partial charge in [-0.2, -0.15) is 5.10 Å². The van der Waals surface area contributed by atoms with Crippen LogP contribution in [0.1, 0.15) is 18.2 Å². The number of aryl methyl sites for hydroxylation is 1. The molecule has 7 heteroatoms. The molecule has 2 rings (SSSR count). The van der Waals surface area contributed by atoms with E-state index in [0.29, 0.717) is 23.0 Å². The average molecular weight is 250 g/mol. The molecule has 2 N–H and O–H groups in total. The number of hydrogen-bond donors (Lipinski definition) is 1. The summed E-state index contributed by atoms with van der Waals surface area (Å²) in [6, 6.07) is -0.166. The van der Waals surface area contributed by atoms with E-state index >= 15 is 0 Å². The quantitative estimate of drug-likeness (QED) is 0.798. The highest BCUT2D eigenvalue weighted by atomic mass is 35.5. The molecule has 84 valence electrons. The van der Waals surface area contributed by atoms with Crippen LogP contribution in [0.5, 0.6) is 0 Å². The van der Waals surface area contributed by atoms with Crippen molar-refractivity contribution in [2.75, 3.05) is 17.2 Å². The highest BCUT2D eigenvalue weighted by Gasteiger charge is 2.31. The first kappa shape index (κ1) is 10.8. The average Bonchev–Trinajstić information content (AvgIpc) is 2.62. The highest BCUT2D eigenvalue weighted by Crippen LogP contribution is 2.30. The Kier molecular flexibility index (Phi) is 2.42. The number of nitrogens with two attached hydrogens (primary N) is 1. The third kappa shape index (κ3) is 1.83. The first-order chi connectivity index (χ1) is 6.91. The number of sulfone groups is 1. The maximum atomic E-state index is 11.3. The van der Waals surface area contributed by atoms with Gasteiger partial charge in [-0.1, -0.05) is 11.6 Å². The van der Waals surface area contributed by atoms with Crippen LogP contribution in [0.3, 0.4) is 0 Å². The summed E-state index contributed by atoms with van der Waals surface area (Å²) in [7, 11) is -2.92. The van der Waals surface area contributed by atoms with Crippen molar-refractivity contribution in [3.8, 4) is 0 Å². The van der Waals surface area contributed by atoms with Crippen molar-refractivity contribution in [1.29, 1.82) is 0 Å². The van der Waals surface area contributed by atoms with Gasteiger partial charge in [-0.3, -0.25) is 0 Å². The molecular formula is C8H12ClN3O2S. The number of aromatic nitrogens is 2. The fraction of sp³-hybridized carbons (Fsp3) is 0.625. The fourth-order valence-electron chi connectivity index (χ4n) is 1.79. The predicted molar refractivity (Wildman–Crippen MR) is 58.7 cm³/mol. The minimum atomic E-state index is -2.92. The van der Waals surface area contributed by atoms with Gasteiger partial charge in [-0.05, 0) is 13.3 Å². The molecular weight excluding hydrogens is 238 g/mol. The number of nitrogens with zero attached hydrogens (tertiary/aromatic N) is 2. The van der Waals surface area contributed by atoms with Gasteiger partial charge in [0.05, 0.1) is 23.2 Å². The van der Waals surface area contributed by atoms with Crippen molar-refractivity contribution in [2.45, 2.75) is 19.4 Å².